The van der Waals surface area contributed by atoms with Crippen molar-refractivity contribution in [3.8, 4) is 5.75 Å². The first-order chi connectivity index (χ1) is 14.2. The van der Waals surface area contributed by atoms with Crippen LogP contribution in [0.1, 0.15) is 5.56 Å². The summed E-state index contributed by atoms with van der Waals surface area (Å²) in [6, 6.07) is 13.1. The Morgan fingerprint density at radius 1 is 1.13 bits per heavy atom. The van der Waals surface area contributed by atoms with Crippen LogP contribution in [0.2, 0.25) is 5.02 Å². The molecule has 0 saturated heterocycles. The molecule has 0 bridgehead atoms. The summed E-state index contributed by atoms with van der Waals surface area (Å²) >= 11 is 5.94. The number of carbonyl (C=O) groups excluding carboxylic acids is 1. The number of nitrogens with one attached hydrogen (secondary N) is 1. The lowest BCUT2D eigenvalue weighted by atomic mass is 10.2. The molecule has 10 heteroatoms. The highest BCUT2D eigenvalue weighted by molar-refractivity contribution is 7.91. The van der Waals surface area contributed by atoms with Crippen LogP contribution in [0.4, 0.5) is 5.69 Å². The van der Waals surface area contributed by atoms with Gasteiger partial charge < -0.3 is 10.1 Å². The van der Waals surface area contributed by atoms with E-state index in [-0.39, 0.29) is 9.92 Å². The van der Waals surface area contributed by atoms with E-state index in [0.717, 1.165) is 22.4 Å². The van der Waals surface area contributed by atoms with Gasteiger partial charge in [-0.15, -0.1) is 0 Å². The minimum absolute atomic E-state index is 0.0407. The molecule has 1 heterocycles. The molecule has 1 N–H and O–H groups in total. The third-order valence-corrected chi connectivity index (χ3v) is 6.07. The average Bonchev–Trinajstić information content (AvgIpc) is 2.70. The number of nitrogens with zero attached hydrogens (tertiary/aromatic N) is 2. The van der Waals surface area contributed by atoms with Crippen molar-refractivity contribution in [1.82, 2.24) is 9.78 Å². The van der Waals surface area contributed by atoms with Gasteiger partial charge in [0.2, 0.25) is 15.7 Å². The molecule has 0 radical (unpaired) electrons. The van der Waals surface area contributed by atoms with Crippen molar-refractivity contribution in [3.05, 3.63) is 75.5 Å². The number of benzene rings is 2. The number of hydrogen-bond acceptors (Lipinski definition) is 6. The van der Waals surface area contributed by atoms with Crippen LogP contribution in [-0.4, -0.2) is 31.2 Å². The first kappa shape index (κ1) is 21.5. The Morgan fingerprint density at radius 2 is 1.83 bits per heavy atom. The molecule has 0 saturated carbocycles. The van der Waals surface area contributed by atoms with Crippen molar-refractivity contribution in [2.45, 2.75) is 23.4 Å². The van der Waals surface area contributed by atoms with E-state index in [4.69, 9.17) is 16.3 Å². The van der Waals surface area contributed by atoms with Crippen LogP contribution in [0, 0.1) is 6.92 Å². The van der Waals surface area contributed by atoms with Gasteiger partial charge in [0.15, 0.2) is 5.03 Å². The summed E-state index contributed by atoms with van der Waals surface area (Å²) < 4.78 is 31.5. The second-order valence-corrected chi connectivity index (χ2v) is 8.71. The third kappa shape index (κ3) is 4.69. The zero-order valence-electron chi connectivity index (χ0n) is 16.1. The summed E-state index contributed by atoms with van der Waals surface area (Å²) in [6.45, 7) is 1.34. The highest BCUT2D eigenvalue weighted by Gasteiger charge is 2.21. The summed E-state index contributed by atoms with van der Waals surface area (Å²) in [6.07, 6.45) is 0. The molecule has 0 unspecified atom stereocenters. The number of sulfone groups is 1. The van der Waals surface area contributed by atoms with Crippen molar-refractivity contribution >= 4 is 33.0 Å². The minimum atomic E-state index is -3.95. The molecule has 3 rings (SSSR count). The summed E-state index contributed by atoms with van der Waals surface area (Å²) in [7, 11) is -2.51. The smallest absolute Gasteiger partial charge is 0.267 e. The van der Waals surface area contributed by atoms with Crippen LogP contribution in [0.15, 0.2) is 69.3 Å². The van der Waals surface area contributed by atoms with E-state index in [0.29, 0.717) is 16.5 Å². The molecule has 0 fully saturated rings. The summed E-state index contributed by atoms with van der Waals surface area (Å²) in [5, 5.41) is 6.51. The van der Waals surface area contributed by atoms with Crippen molar-refractivity contribution in [1.29, 1.82) is 0 Å². The number of carbonyl (C=O) groups is 1. The summed E-state index contributed by atoms with van der Waals surface area (Å²) in [5.41, 5.74) is 0.595. The second-order valence-electron chi connectivity index (χ2n) is 6.38. The Morgan fingerprint density at radius 3 is 2.50 bits per heavy atom. The van der Waals surface area contributed by atoms with Crippen LogP contribution in [0.5, 0.6) is 5.75 Å². The third-order valence-electron chi connectivity index (χ3n) is 4.18. The van der Waals surface area contributed by atoms with Crippen molar-refractivity contribution < 1.29 is 17.9 Å². The number of aryl methyl sites for hydroxylation is 1. The van der Waals surface area contributed by atoms with Gasteiger partial charge in [-0.1, -0.05) is 29.3 Å². The highest BCUT2D eigenvalue weighted by Crippen LogP contribution is 2.27. The van der Waals surface area contributed by atoms with E-state index in [1.807, 2.05) is 6.92 Å². The standard InChI is InChI=1S/C20H18ClN3O5S/c1-13-3-6-15(7-4-13)30(27,28)19-9-10-20(26)24(23-19)12-18(25)22-16-11-14(21)5-8-17(16)29-2/h3-11H,12H2,1-2H3,(H,22,25). The topological polar surface area (TPSA) is 107 Å². The van der Waals surface area contributed by atoms with Crippen LogP contribution >= 0.6 is 11.6 Å². The molecular weight excluding hydrogens is 430 g/mol. The van der Waals surface area contributed by atoms with E-state index in [1.165, 1.54) is 25.3 Å². The van der Waals surface area contributed by atoms with Gasteiger partial charge >= 0.3 is 0 Å². The first-order valence-electron chi connectivity index (χ1n) is 8.74. The Labute approximate surface area is 178 Å². The molecule has 0 aliphatic rings. The number of anilines is 1. The normalized spacial score (nSPS) is 11.2. The monoisotopic (exact) mass is 447 g/mol. The second kappa shape index (κ2) is 8.68. The number of rotatable bonds is 6. The number of ether oxygens (including phenoxy) is 1. The van der Waals surface area contributed by atoms with E-state index in [1.54, 1.807) is 24.3 Å². The van der Waals surface area contributed by atoms with Gasteiger partial charge in [-0.05, 0) is 43.3 Å². The highest BCUT2D eigenvalue weighted by atomic mass is 35.5. The van der Waals surface area contributed by atoms with Crippen molar-refractivity contribution in [3.63, 3.8) is 0 Å². The van der Waals surface area contributed by atoms with Crippen LogP contribution in [0.25, 0.3) is 0 Å². The van der Waals surface area contributed by atoms with Gasteiger partial charge in [0.25, 0.3) is 5.56 Å². The van der Waals surface area contributed by atoms with Gasteiger partial charge in [0.1, 0.15) is 12.3 Å². The molecule has 0 atom stereocenters. The largest absolute Gasteiger partial charge is 0.495 e. The fourth-order valence-corrected chi connectivity index (χ4v) is 3.99. The minimum Gasteiger partial charge on any atom is -0.495 e. The molecule has 0 aliphatic heterocycles. The number of halogens is 1. The van der Waals surface area contributed by atoms with Gasteiger partial charge in [-0.2, -0.15) is 5.10 Å². The molecule has 0 spiro atoms. The Kier molecular flexibility index (Phi) is 6.23. The van der Waals surface area contributed by atoms with E-state index in [2.05, 4.69) is 10.4 Å². The fraction of sp³-hybridized carbons (Fsp3) is 0.150. The molecule has 30 heavy (non-hydrogen) atoms. The van der Waals surface area contributed by atoms with Gasteiger partial charge in [-0.3, -0.25) is 9.59 Å². The zero-order chi connectivity index (χ0) is 21.9. The molecule has 1 aromatic heterocycles. The van der Waals surface area contributed by atoms with Gasteiger partial charge in [0.05, 0.1) is 17.7 Å². The molecular formula is C20H18ClN3O5S. The molecule has 1 amide bonds. The summed E-state index contributed by atoms with van der Waals surface area (Å²) in [5.74, 6) is -0.223. The predicted molar refractivity (Wildman–Crippen MR) is 112 cm³/mol. The maximum absolute atomic E-state index is 12.8. The molecule has 0 aliphatic carbocycles. The number of aromatic nitrogens is 2. The average molecular weight is 448 g/mol. The zero-order valence-corrected chi connectivity index (χ0v) is 17.7. The summed E-state index contributed by atoms with van der Waals surface area (Å²) in [4.78, 5) is 24.6. The predicted octanol–water partition coefficient (Wildman–Crippen LogP) is 2.69. The van der Waals surface area contributed by atoms with Crippen LogP contribution in [0.3, 0.4) is 0 Å². The number of methoxy groups -OCH3 is 1. The maximum atomic E-state index is 12.8. The lowest BCUT2D eigenvalue weighted by molar-refractivity contribution is -0.117. The number of hydrogen-bond donors (Lipinski definition) is 1. The fourth-order valence-electron chi connectivity index (χ4n) is 2.63. The first-order valence-corrected chi connectivity index (χ1v) is 10.6. The molecule has 156 valence electrons. The van der Waals surface area contributed by atoms with E-state index in [9.17, 15) is 18.0 Å². The Bertz CT molecular complexity index is 1250. The van der Waals surface area contributed by atoms with Gasteiger partial charge in [-0.25, -0.2) is 13.1 Å². The SMILES string of the molecule is COc1ccc(Cl)cc1NC(=O)Cn1nc(S(=O)(=O)c2ccc(C)cc2)ccc1=O. The van der Waals surface area contributed by atoms with Gasteiger partial charge in [0, 0.05) is 11.1 Å². The Hall–Kier alpha value is -3.17. The lowest BCUT2D eigenvalue weighted by Crippen LogP contribution is -2.30. The lowest BCUT2D eigenvalue weighted by Gasteiger charge is -2.11. The van der Waals surface area contributed by atoms with Crippen LogP contribution < -0.4 is 15.6 Å². The van der Waals surface area contributed by atoms with E-state index >= 15 is 0 Å². The van der Waals surface area contributed by atoms with Crippen LogP contribution in [-0.2, 0) is 21.2 Å². The Balaban J connectivity index is 1.87. The molecule has 8 nitrogen and oxygen atoms in total. The van der Waals surface area contributed by atoms with Crippen molar-refractivity contribution in [2.75, 3.05) is 12.4 Å². The maximum Gasteiger partial charge on any atom is 0.267 e. The van der Waals surface area contributed by atoms with E-state index < -0.39 is 27.8 Å². The molecule has 3 aromatic rings. The van der Waals surface area contributed by atoms with Crippen molar-refractivity contribution in [2.24, 2.45) is 0 Å². The molecule has 2 aromatic carbocycles. The quantitative estimate of drug-likeness (QED) is 0.622. The number of amides is 1.